The van der Waals surface area contributed by atoms with Crippen LogP contribution in [0.4, 0.5) is 5.69 Å². The van der Waals surface area contributed by atoms with Crippen molar-refractivity contribution in [1.29, 1.82) is 0 Å². The average Bonchev–Trinajstić information content (AvgIpc) is 2.94. The molecule has 0 aliphatic carbocycles. The predicted octanol–water partition coefficient (Wildman–Crippen LogP) is 5.44. The second-order valence-corrected chi connectivity index (χ2v) is 10.1. The van der Waals surface area contributed by atoms with E-state index in [-0.39, 0.29) is 18.6 Å². The van der Waals surface area contributed by atoms with Crippen molar-refractivity contribution < 1.29 is 14.7 Å². The Morgan fingerprint density at radius 3 is 2.50 bits per heavy atom. The highest BCUT2D eigenvalue weighted by molar-refractivity contribution is 8.14. The first kappa shape index (κ1) is 25.9. The van der Waals surface area contributed by atoms with E-state index in [1.807, 2.05) is 90.5 Å². The van der Waals surface area contributed by atoms with E-state index in [1.165, 1.54) is 11.8 Å². The lowest BCUT2D eigenvalue weighted by Crippen LogP contribution is -2.47. The van der Waals surface area contributed by atoms with E-state index in [9.17, 15) is 14.7 Å². The van der Waals surface area contributed by atoms with Gasteiger partial charge in [0, 0.05) is 25.7 Å². The van der Waals surface area contributed by atoms with Crippen LogP contribution in [-0.4, -0.2) is 65.1 Å². The van der Waals surface area contributed by atoms with E-state index in [4.69, 9.17) is 4.99 Å². The van der Waals surface area contributed by atoms with Crippen LogP contribution in [0.1, 0.15) is 47.4 Å². The first-order chi connectivity index (χ1) is 17.5. The van der Waals surface area contributed by atoms with Crippen molar-refractivity contribution in [3.05, 3.63) is 77.9 Å². The number of rotatable bonds is 7. The van der Waals surface area contributed by atoms with Gasteiger partial charge in [-0.15, -0.1) is 0 Å². The molecule has 0 bridgehead atoms. The molecule has 1 fully saturated rings. The summed E-state index contributed by atoms with van der Waals surface area (Å²) in [5, 5.41) is 12.1. The summed E-state index contributed by atoms with van der Waals surface area (Å²) in [6.45, 7) is 3.33. The molecule has 6 nitrogen and oxygen atoms in total. The number of hydrogen-bond acceptors (Lipinski definition) is 5. The molecule has 1 saturated heterocycles. The van der Waals surface area contributed by atoms with Crippen LogP contribution in [0.15, 0.2) is 71.7 Å². The molecular weight excluding hydrogens is 470 g/mol. The Morgan fingerprint density at radius 1 is 1.14 bits per heavy atom. The zero-order valence-corrected chi connectivity index (χ0v) is 21.7. The van der Waals surface area contributed by atoms with E-state index in [2.05, 4.69) is 0 Å². The van der Waals surface area contributed by atoms with Gasteiger partial charge in [0.25, 0.3) is 0 Å². The number of piperidine rings is 1. The molecule has 1 N–H and O–H groups in total. The molecule has 0 saturated carbocycles. The van der Waals surface area contributed by atoms with Gasteiger partial charge in [-0.05, 0) is 54.7 Å². The maximum atomic E-state index is 13.9. The summed E-state index contributed by atoms with van der Waals surface area (Å²) in [5.74, 6) is -0.0173. The maximum Gasteiger partial charge on any atom is 0.241 e. The van der Waals surface area contributed by atoms with Crippen molar-refractivity contribution in [3.8, 4) is 0 Å². The fourth-order valence-corrected chi connectivity index (χ4v) is 5.70. The minimum atomic E-state index is -0.522. The molecule has 1 aliphatic heterocycles. The van der Waals surface area contributed by atoms with Crippen LogP contribution in [0.5, 0.6) is 0 Å². The van der Waals surface area contributed by atoms with Crippen LogP contribution in [0, 0.1) is 0 Å². The van der Waals surface area contributed by atoms with E-state index >= 15 is 0 Å². The van der Waals surface area contributed by atoms with Crippen molar-refractivity contribution in [2.75, 3.05) is 26.7 Å². The maximum absolute atomic E-state index is 13.9. The topological polar surface area (TPSA) is 73.2 Å². The highest BCUT2D eigenvalue weighted by Gasteiger charge is 2.34. The monoisotopic (exact) mass is 503 g/mol. The molecule has 3 aromatic rings. The molecule has 2 unspecified atom stereocenters. The molecule has 1 heterocycles. The Kier molecular flexibility index (Phi) is 8.78. The number of thioether (sulfide) groups is 1. The second kappa shape index (κ2) is 12.2. The minimum absolute atomic E-state index is 0.0173. The van der Waals surface area contributed by atoms with Gasteiger partial charge in [-0.2, -0.15) is 0 Å². The Bertz CT molecular complexity index is 1230. The number of benzene rings is 3. The average molecular weight is 504 g/mol. The van der Waals surface area contributed by atoms with Gasteiger partial charge in [-0.3, -0.25) is 9.59 Å². The van der Waals surface area contributed by atoms with Crippen LogP contribution in [0.3, 0.4) is 0 Å². The molecule has 1 amide bonds. The highest BCUT2D eigenvalue weighted by atomic mass is 32.2. The van der Waals surface area contributed by atoms with Crippen molar-refractivity contribution in [2.24, 2.45) is 4.99 Å². The van der Waals surface area contributed by atoms with Gasteiger partial charge >= 0.3 is 0 Å². The van der Waals surface area contributed by atoms with E-state index in [0.717, 1.165) is 41.9 Å². The van der Waals surface area contributed by atoms with E-state index in [1.54, 1.807) is 0 Å². The van der Waals surface area contributed by atoms with Crippen molar-refractivity contribution in [3.63, 3.8) is 0 Å². The summed E-state index contributed by atoms with van der Waals surface area (Å²) >= 11 is 1.40. The van der Waals surface area contributed by atoms with E-state index < -0.39 is 5.25 Å². The van der Waals surface area contributed by atoms with Crippen LogP contribution in [0.25, 0.3) is 10.8 Å². The summed E-state index contributed by atoms with van der Waals surface area (Å²) in [4.78, 5) is 34.6. The number of aldehydes is 1. The Morgan fingerprint density at radius 2 is 1.83 bits per heavy atom. The number of carbonyl (C=O) groups excluding carboxylic acids is 2. The number of amides is 1. The molecule has 0 spiro atoms. The third-order valence-electron chi connectivity index (χ3n) is 6.71. The summed E-state index contributed by atoms with van der Waals surface area (Å²) in [6.07, 6.45) is 3.59. The van der Waals surface area contributed by atoms with Gasteiger partial charge in [0.15, 0.2) is 11.5 Å². The lowest BCUT2D eigenvalue weighted by molar-refractivity contribution is -0.135. The van der Waals surface area contributed by atoms with Crippen molar-refractivity contribution in [2.45, 2.75) is 37.5 Å². The van der Waals surface area contributed by atoms with Crippen molar-refractivity contribution >= 4 is 45.6 Å². The van der Waals surface area contributed by atoms with Gasteiger partial charge in [-0.25, -0.2) is 4.99 Å². The Labute approximate surface area is 217 Å². The fourth-order valence-electron chi connectivity index (χ4n) is 4.50. The molecule has 2 atom stereocenters. The summed E-state index contributed by atoms with van der Waals surface area (Å²) in [5.41, 5.74) is 1.98. The molecule has 3 aromatic carbocycles. The number of nitrogens with zero attached hydrogens (tertiary/aromatic N) is 3. The summed E-state index contributed by atoms with van der Waals surface area (Å²) in [6, 6.07) is 21.2. The molecule has 1 aliphatic rings. The number of likely N-dealkylation sites (tertiary alicyclic amines) is 1. The van der Waals surface area contributed by atoms with Gasteiger partial charge in [0.1, 0.15) is 5.25 Å². The number of aliphatic imine (C=N–C) groups is 1. The molecular formula is C29H33N3O3S. The molecule has 0 aromatic heterocycles. The minimum Gasteiger partial charge on any atom is -0.394 e. The molecule has 7 heteroatoms. The first-order valence-corrected chi connectivity index (χ1v) is 13.3. The summed E-state index contributed by atoms with van der Waals surface area (Å²) < 4.78 is 0. The zero-order valence-electron chi connectivity index (χ0n) is 20.8. The van der Waals surface area contributed by atoms with Crippen LogP contribution >= 0.6 is 11.8 Å². The largest absolute Gasteiger partial charge is 0.394 e. The molecule has 4 rings (SSSR count). The standard InChI is InChI=1S/C29H33N3O3S/c1-3-31(2)29(30-26-18-23-14-8-7-13-22(23)17-24(26)19-33)36-27(21-11-5-4-6-12-21)28(35)32-16-10-9-15-25(32)20-34/h4-8,11-14,17-19,25,27,34H,3,9-10,15-16,20H2,1-2H3. The number of carbonyl (C=O) groups is 2. The zero-order chi connectivity index (χ0) is 25.5. The number of aliphatic hydroxyl groups excluding tert-OH is 1. The first-order valence-electron chi connectivity index (χ1n) is 12.5. The summed E-state index contributed by atoms with van der Waals surface area (Å²) in [7, 11) is 1.94. The number of aliphatic hydroxyl groups is 1. The SMILES string of the molecule is CCN(C)C(=Nc1cc2ccccc2cc1C=O)SC(C(=O)N1CCCCC1CO)c1ccccc1. The quantitative estimate of drug-likeness (QED) is 0.264. The third kappa shape index (κ3) is 5.79. The number of hydrogen-bond donors (Lipinski definition) is 1. The predicted molar refractivity (Wildman–Crippen MR) is 148 cm³/mol. The van der Waals surface area contributed by atoms with Gasteiger partial charge in [0.05, 0.1) is 18.3 Å². The van der Waals surface area contributed by atoms with Crippen molar-refractivity contribution in [1.82, 2.24) is 9.80 Å². The van der Waals surface area contributed by atoms with Crippen LogP contribution in [0.2, 0.25) is 0 Å². The fraction of sp³-hybridized carbons (Fsp3) is 0.345. The van der Waals surface area contributed by atoms with Crippen LogP contribution < -0.4 is 0 Å². The molecule has 188 valence electrons. The Balaban J connectivity index is 1.76. The smallest absolute Gasteiger partial charge is 0.241 e. The second-order valence-electron chi connectivity index (χ2n) is 9.06. The van der Waals surface area contributed by atoms with Gasteiger partial charge in [-0.1, -0.05) is 66.4 Å². The van der Waals surface area contributed by atoms with Gasteiger partial charge < -0.3 is 14.9 Å². The van der Waals surface area contributed by atoms with E-state index in [0.29, 0.717) is 29.5 Å². The Hall–Kier alpha value is -3.16. The van der Waals surface area contributed by atoms with Crippen LogP contribution in [-0.2, 0) is 4.79 Å². The van der Waals surface area contributed by atoms with Gasteiger partial charge in [0.2, 0.25) is 5.91 Å². The highest BCUT2D eigenvalue weighted by Crippen LogP contribution is 2.36. The molecule has 0 radical (unpaired) electrons. The number of amidine groups is 1. The number of fused-ring (bicyclic) bond motifs is 1. The lowest BCUT2D eigenvalue weighted by atomic mass is 10.0. The normalized spacial score (nSPS) is 17.1. The lowest BCUT2D eigenvalue weighted by Gasteiger charge is -2.37. The third-order valence-corrected chi connectivity index (χ3v) is 8.03. The molecule has 36 heavy (non-hydrogen) atoms.